The molecule has 1 aliphatic rings. The third-order valence-corrected chi connectivity index (χ3v) is 4.98. The van der Waals surface area contributed by atoms with Crippen LogP contribution in [0.3, 0.4) is 0 Å². The summed E-state index contributed by atoms with van der Waals surface area (Å²) in [7, 11) is 0. The van der Waals surface area contributed by atoms with Gasteiger partial charge in [-0.1, -0.05) is 6.07 Å². The summed E-state index contributed by atoms with van der Waals surface area (Å²) in [5.41, 5.74) is 15.8. The van der Waals surface area contributed by atoms with Gasteiger partial charge >= 0.3 is 0 Å². The third kappa shape index (κ3) is 2.46. The number of primary amides is 1. The Balaban J connectivity index is 2.25. The van der Waals surface area contributed by atoms with E-state index in [9.17, 15) is 9.59 Å². The molecule has 114 valence electrons. The molecule has 0 bridgehead atoms. The number of carbonyl (C=O) groups excluding carboxylic acids is 2. The van der Waals surface area contributed by atoms with E-state index < -0.39 is 5.91 Å². The Kier molecular flexibility index (Phi) is 3.62. The number of nitrogens with one attached hydrogen (secondary N) is 1. The molecule has 1 heterocycles. The van der Waals surface area contributed by atoms with Crippen molar-refractivity contribution in [1.29, 1.82) is 0 Å². The van der Waals surface area contributed by atoms with Crippen LogP contribution in [-0.4, -0.2) is 11.8 Å². The normalized spacial score (nSPS) is 13.0. The number of aryl methyl sites for hydroxylation is 1. The minimum atomic E-state index is -0.506. The molecule has 0 atom stereocenters. The summed E-state index contributed by atoms with van der Waals surface area (Å²) in [6.45, 7) is 1.42. The number of hydrogen-bond donors (Lipinski definition) is 3. The first-order valence-corrected chi connectivity index (χ1v) is 7.91. The number of thiophene rings is 1. The van der Waals surface area contributed by atoms with E-state index in [-0.39, 0.29) is 5.91 Å². The number of carbonyl (C=O) groups is 2. The Bertz CT molecular complexity index is 780. The van der Waals surface area contributed by atoms with Gasteiger partial charge in [0.25, 0.3) is 5.91 Å². The second-order valence-electron chi connectivity index (χ2n) is 5.43. The first-order valence-electron chi connectivity index (χ1n) is 7.09. The molecular formula is C16H17N3O2S. The van der Waals surface area contributed by atoms with Gasteiger partial charge in [-0.05, 0) is 48.1 Å². The lowest BCUT2D eigenvalue weighted by Gasteiger charge is -2.06. The lowest BCUT2D eigenvalue weighted by Crippen LogP contribution is -2.16. The van der Waals surface area contributed by atoms with E-state index in [0.29, 0.717) is 16.3 Å². The SMILES string of the molecule is CC(=O)Nc1sc2c(c1C(N)=O)CCCc1ccc(N)cc1-2. The Hall–Kier alpha value is -2.34. The third-order valence-electron chi connectivity index (χ3n) is 3.79. The van der Waals surface area contributed by atoms with E-state index in [1.807, 2.05) is 18.2 Å². The van der Waals surface area contributed by atoms with E-state index >= 15 is 0 Å². The average molecular weight is 315 g/mol. The molecule has 1 aliphatic carbocycles. The summed E-state index contributed by atoms with van der Waals surface area (Å²) in [6, 6.07) is 5.85. The smallest absolute Gasteiger partial charge is 0.252 e. The highest BCUT2D eigenvalue weighted by molar-refractivity contribution is 7.20. The van der Waals surface area contributed by atoms with Crippen LogP contribution in [0.1, 0.15) is 34.8 Å². The van der Waals surface area contributed by atoms with Gasteiger partial charge in [-0.3, -0.25) is 9.59 Å². The van der Waals surface area contributed by atoms with Crippen molar-refractivity contribution in [3.05, 3.63) is 34.9 Å². The van der Waals surface area contributed by atoms with Gasteiger partial charge in [-0.2, -0.15) is 0 Å². The summed E-state index contributed by atoms with van der Waals surface area (Å²) in [5.74, 6) is -0.722. The molecule has 2 amide bonds. The van der Waals surface area contributed by atoms with Crippen molar-refractivity contribution < 1.29 is 9.59 Å². The van der Waals surface area contributed by atoms with Crippen LogP contribution in [-0.2, 0) is 17.6 Å². The van der Waals surface area contributed by atoms with Crippen molar-refractivity contribution >= 4 is 33.8 Å². The molecule has 0 radical (unpaired) electrons. The van der Waals surface area contributed by atoms with E-state index in [0.717, 1.165) is 35.3 Å². The zero-order valence-corrected chi connectivity index (χ0v) is 13.0. The van der Waals surface area contributed by atoms with Gasteiger partial charge in [0.05, 0.1) is 5.56 Å². The molecule has 0 fully saturated rings. The fraction of sp³-hybridized carbons (Fsp3) is 0.250. The van der Waals surface area contributed by atoms with Crippen molar-refractivity contribution in [3.8, 4) is 10.4 Å². The molecule has 1 aromatic carbocycles. The Morgan fingerprint density at radius 2 is 2.05 bits per heavy atom. The van der Waals surface area contributed by atoms with Gasteiger partial charge in [0.1, 0.15) is 5.00 Å². The standard InChI is InChI=1S/C16H17N3O2S/c1-8(20)19-16-13(15(18)21)11-4-2-3-9-5-6-10(17)7-12(9)14(11)22-16/h5-7H,2-4,17H2,1H3,(H2,18,21)(H,19,20). The molecule has 3 rings (SSSR count). The maximum absolute atomic E-state index is 11.9. The van der Waals surface area contributed by atoms with Crippen LogP contribution in [0.25, 0.3) is 10.4 Å². The number of hydrogen-bond acceptors (Lipinski definition) is 4. The van der Waals surface area contributed by atoms with Crippen molar-refractivity contribution in [2.24, 2.45) is 5.73 Å². The Morgan fingerprint density at radius 3 is 2.73 bits per heavy atom. The van der Waals surface area contributed by atoms with E-state index in [2.05, 4.69) is 5.32 Å². The summed E-state index contributed by atoms with van der Waals surface area (Å²) in [6.07, 6.45) is 2.63. The second kappa shape index (κ2) is 5.46. The van der Waals surface area contributed by atoms with Crippen LogP contribution in [0.2, 0.25) is 0 Å². The van der Waals surface area contributed by atoms with Crippen molar-refractivity contribution in [3.63, 3.8) is 0 Å². The lowest BCUT2D eigenvalue weighted by atomic mass is 10.0. The maximum Gasteiger partial charge on any atom is 0.252 e. The molecule has 1 aromatic heterocycles. The number of amides is 2. The minimum Gasteiger partial charge on any atom is -0.399 e. The number of benzene rings is 1. The second-order valence-corrected chi connectivity index (χ2v) is 6.45. The predicted octanol–water partition coefficient (Wildman–Crippen LogP) is 2.54. The molecule has 0 saturated carbocycles. The highest BCUT2D eigenvalue weighted by atomic mass is 32.1. The molecule has 5 N–H and O–H groups in total. The van der Waals surface area contributed by atoms with Gasteiger partial charge in [0.2, 0.25) is 5.91 Å². The van der Waals surface area contributed by atoms with Crippen molar-refractivity contribution in [1.82, 2.24) is 0 Å². The number of anilines is 2. The van der Waals surface area contributed by atoms with E-state index in [1.165, 1.54) is 23.8 Å². The highest BCUT2D eigenvalue weighted by Crippen LogP contribution is 2.44. The van der Waals surface area contributed by atoms with E-state index in [1.54, 1.807) is 0 Å². The fourth-order valence-electron chi connectivity index (χ4n) is 2.91. The van der Waals surface area contributed by atoms with Crippen molar-refractivity contribution in [2.75, 3.05) is 11.1 Å². The van der Waals surface area contributed by atoms with Gasteiger partial charge in [-0.25, -0.2) is 0 Å². The summed E-state index contributed by atoms with van der Waals surface area (Å²) >= 11 is 1.39. The summed E-state index contributed by atoms with van der Waals surface area (Å²) in [4.78, 5) is 24.3. The quantitative estimate of drug-likeness (QED) is 0.743. The zero-order valence-electron chi connectivity index (χ0n) is 12.2. The molecule has 0 spiro atoms. The predicted molar refractivity (Wildman–Crippen MR) is 89.0 cm³/mol. The molecule has 2 aromatic rings. The maximum atomic E-state index is 11.9. The first-order chi connectivity index (χ1) is 10.5. The number of rotatable bonds is 2. The fourth-order valence-corrected chi connectivity index (χ4v) is 4.26. The topological polar surface area (TPSA) is 98.2 Å². The lowest BCUT2D eigenvalue weighted by molar-refractivity contribution is -0.114. The van der Waals surface area contributed by atoms with Gasteiger partial charge in [0.15, 0.2) is 0 Å². The Morgan fingerprint density at radius 1 is 1.27 bits per heavy atom. The van der Waals surface area contributed by atoms with Crippen LogP contribution in [0.5, 0.6) is 0 Å². The average Bonchev–Trinajstić information content (AvgIpc) is 2.69. The van der Waals surface area contributed by atoms with Gasteiger partial charge < -0.3 is 16.8 Å². The number of fused-ring (bicyclic) bond motifs is 3. The highest BCUT2D eigenvalue weighted by Gasteiger charge is 2.26. The van der Waals surface area contributed by atoms with Crippen LogP contribution in [0.15, 0.2) is 18.2 Å². The number of nitrogens with two attached hydrogens (primary N) is 2. The van der Waals surface area contributed by atoms with Crippen LogP contribution < -0.4 is 16.8 Å². The Labute approximate surface area is 132 Å². The van der Waals surface area contributed by atoms with E-state index in [4.69, 9.17) is 11.5 Å². The summed E-state index contributed by atoms with van der Waals surface area (Å²) in [5, 5.41) is 3.25. The van der Waals surface area contributed by atoms with Gasteiger partial charge in [0, 0.05) is 17.5 Å². The molecule has 5 nitrogen and oxygen atoms in total. The van der Waals surface area contributed by atoms with Crippen LogP contribution in [0, 0.1) is 0 Å². The molecule has 0 unspecified atom stereocenters. The van der Waals surface area contributed by atoms with Crippen molar-refractivity contribution in [2.45, 2.75) is 26.2 Å². The van der Waals surface area contributed by atoms with Gasteiger partial charge in [-0.15, -0.1) is 11.3 Å². The molecule has 0 aliphatic heterocycles. The molecule has 22 heavy (non-hydrogen) atoms. The largest absolute Gasteiger partial charge is 0.399 e. The zero-order chi connectivity index (χ0) is 15.9. The van der Waals surface area contributed by atoms with Crippen LogP contribution >= 0.6 is 11.3 Å². The molecule has 0 saturated heterocycles. The number of nitrogen functional groups attached to an aromatic ring is 1. The summed E-state index contributed by atoms with van der Waals surface area (Å²) < 4.78 is 0. The first kappa shape index (κ1) is 14.6. The van der Waals surface area contributed by atoms with Crippen LogP contribution in [0.4, 0.5) is 10.7 Å². The minimum absolute atomic E-state index is 0.216. The molecule has 6 heteroatoms. The monoisotopic (exact) mass is 315 g/mol. The molecular weight excluding hydrogens is 298 g/mol.